The largest absolute Gasteiger partial charge is 0.507 e. The summed E-state index contributed by atoms with van der Waals surface area (Å²) >= 11 is 0. The van der Waals surface area contributed by atoms with Crippen molar-refractivity contribution in [3.63, 3.8) is 0 Å². The molecule has 0 saturated carbocycles. The van der Waals surface area contributed by atoms with Gasteiger partial charge in [0, 0.05) is 12.4 Å². The molecule has 0 unspecified atom stereocenters. The predicted octanol–water partition coefficient (Wildman–Crippen LogP) is 5.41. The zero-order valence-corrected chi connectivity index (χ0v) is 14.2. The van der Waals surface area contributed by atoms with Crippen LogP contribution in [-0.2, 0) is 0 Å². The van der Waals surface area contributed by atoms with E-state index in [1.807, 2.05) is 0 Å². The molecule has 0 aliphatic carbocycles. The standard InChI is InChI=1S/C19H16FN3O3/c1-12-9-15(10-13(2)18(12)24)22-21-14-7-8-23(11-14)19(25)26-17-6-4-3-5-16(17)20/h3-11,24H,1-2H3. The van der Waals surface area contributed by atoms with Crippen LogP contribution in [0.15, 0.2) is 65.1 Å². The van der Waals surface area contributed by atoms with Crippen LogP contribution in [0.1, 0.15) is 11.1 Å². The molecule has 132 valence electrons. The first-order valence-corrected chi connectivity index (χ1v) is 7.80. The van der Waals surface area contributed by atoms with E-state index in [-0.39, 0.29) is 11.5 Å². The number of nitrogens with zero attached hydrogens (tertiary/aromatic N) is 3. The molecule has 1 aromatic heterocycles. The fourth-order valence-corrected chi connectivity index (χ4v) is 2.34. The Labute approximate surface area is 149 Å². The van der Waals surface area contributed by atoms with E-state index in [4.69, 9.17) is 4.74 Å². The number of halogens is 1. The maximum absolute atomic E-state index is 13.5. The molecule has 3 aromatic rings. The lowest BCUT2D eigenvalue weighted by atomic mass is 10.1. The monoisotopic (exact) mass is 353 g/mol. The molecule has 0 aliphatic rings. The van der Waals surface area contributed by atoms with E-state index in [0.29, 0.717) is 22.5 Å². The lowest BCUT2D eigenvalue weighted by Gasteiger charge is -2.04. The summed E-state index contributed by atoms with van der Waals surface area (Å²) in [4.78, 5) is 12.1. The summed E-state index contributed by atoms with van der Waals surface area (Å²) in [5.41, 5.74) is 2.41. The van der Waals surface area contributed by atoms with Crippen LogP contribution in [-0.4, -0.2) is 15.8 Å². The van der Waals surface area contributed by atoms with Gasteiger partial charge in [0.2, 0.25) is 0 Å². The number of azo groups is 1. The van der Waals surface area contributed by atoms with Crippen LogP contribution in [0.3, 0.4) is 0 Å². The molecule has 0 saturated heterocycles. The summed E-state index contributed by atoms with van der Waals surface area (Å²) in [6.45, 7) is 3.55. The fourth-order valence-electron chi connectivity index (χ4n) is 2.34. The SMILES string of the molecule is Cc1cc(N=Nc2ccn(C(=O)Oc3ccccc3F)c2)cc(C)c1O. The van der Waals surface area contributed by atoms with E-state index in [1.165, 1.54) is 30.6 Å². The molecule has 0 aliphatic heterocycles. The number of aryl methyl sites for hydroxylation is 2. The number of aromatic hydroxyl groups is 1. The number of rotatable bonds is 3. The van der Waals surface area contributed by atoms with Gasteiger partial charge in [0.05, 0.1) is 5.69 Å². The Kier molecular flexibility index (Phi) is 4.79. The van der Waals surface area contributed by atoms with Crippen molar-refractivity contribution in [2.45, 2.75) is 13.8 Å². The third-order valence-corrected chi connectivity index (χ3v) is 3.68. The van der Waals surface area contributed by atoms with Crippen LogP contribution < -0.4 is 4.74 Å². The van der Waals surface area contributed by atoms with Gasteiger partial charge in [0.1, 0.15) is 11.4 Å². The van der Waals surface area contributed by atoms with Gasteiger partial charge in [-0.05, 0) is 55.3 Å². The zero-order chi connectivity index (χ0) is 18.7. The number of hydrogen-bond acceptors (Lipinski definition) is 5. The summed E-state index contributed by atoms with van der Waals surface area (Å²) < 4.78 is 19.7. The van der Waals surface area contributed by atoms with Gasteiger partial charge in [-0.2, -0.15) is 5.11 Å². The average Bonchev–Trinajstić information content (AvgIpc) is 3.09. The van der Waals surface area contributed by atoms with E-state index in [9.17, 15) is 14.3 Å². The lowest BCUT2D eigenvalue weighted by Crippen LogP contribution is -2.15. The van der Waals surface area contributed by atoms with E-state index >= 15 is 0 Å². The first kappa shape index (κ1) is 17.3. The molecule has 0 radical (unpaired) electrons. The lowest BCUT2D eigenvalue weighted by molar-refractivity contribution is 0.200. The van der Waals surface area contributed by atoms with Crippen molar-refractivity contribution < 1.29 is 19.0 Å². The summed E-state index contributed by atoms with van der Waals surface area (Å²) in [7, 11) is 0. The number of ether oxygens (including phenoxy) is 1. The highest BCUT2D eigenvalue weighted by Crippen LogP contribution is 2.28. The van der Waals surface area contributed by atoms with Crippen molar-refractivity contribution in [1.82, 2.24) is 4.57 Å². The van der Waals surface area contributed by atoms with Crippen molar-refractivity contribution >= 4 is 17.5 Å². The second kappa shape index (κ2) is 7.18. The molecule has 6 nitrogen and oxygen atoms in total. The van der Waals surface area contributed by atoms with Gasteiger partial charge >= 0.3 is 6.09 Å². The molecule has 1 heterocycles. The van der Waals surface area contributed by atoms with Crippen LogP contribution in [0.4, 0.5) is 20.6 Å². The second-order valence-corrected chi connectivity index (χ2v) is 5.70. The van der Waals surface area contributed by atoms with Gasteiger partial charge in [0.15, 0.2) is 11.6 Å². The van der Waals surface area contributed by atoms with Gasteiger partial charge in [0.25, 0.3) is 0 Å². The molecule has 0 spiro atoms. The maximum Gasteiger partial charge on any atom is 0.423 e. The quantitative estimate of drug-likeness (QED) is 0.639. The summed E-state index contributed by atoms with van der Waals surface area (Å²) in [6.07, 6.45) is 2.12. The molecule has 26 heavy (non-hydrogen) atoms. The van der Waals surface area contributed by atoms with Gasteiger partial charge in [-0.25, -0.2) is 9.18 Å². The fraction of sp³-hybridized carbons (Fsp3) is 0.105. The minimum Gasteiger partial charge on any atom is -0.507 e. The number of carbonyl (C=O) groups is 1. The summed E-state index contributed by atoms with van der Waals surface area (Å²) in [5, 5.41) is 17.9. The van der Waals surface area contributed by atoms with Crippen LogP contribution in [0.2, 0.25) is 0 Å². The first-order valence-electron chi connectivity index (χ1n) is 7.80. The van der Waals surface area contributed by atoms with Gasteiger partial charge in [-0.15, -0.1) is 5.11 Å². The number of para-hydroxylation sites is 1. The third-order valence-electron chi connectivity index (χ3n) is 3.68. The second-order valence-electron chi connectivity index (χ2n) is 5.70. The first-order chi connectivity index (χ1) is 12.4. The van der Waals surface area contributed by atoms with Crippen molar-refractivity contribution in [3.05, 3.63) is 71.8 Å². The Balaban J connectivity index is 1.73. The Hall–Kier alpha value is -3.48. The maximum atomic E-state index is 13.5. The molecule has 0 bridgehead atoms. The zero-order valence-electron chi connectivity index (χ0n) is 14.2. The minimum atomic E-state index is -0.757. The van der Waals surface area contributed by atoms with Crippen molar-refractivity contribution in [1.29, 1.82) is 0 Å². The number of hydrogen-bond donors (Lipinski definition) is 1. The molecule has 7 heteroatoms. The van der Waals surface area contributed by atoms with Crippen molar-refractivity contribution in [3.8, 4) is 11.5 Å². The Morgan fingerprint density at radius 1 is 1.08 bits per heavy atom. The molecule has 0 amide bonds. The highest BCUT2D eigenvalue weighted by Gasteiger charge is 2.11. The number of aromatic nitrogens is 1. The van der Waals surface area contributed by atoms with Crippen LogP contribution in [0.25, 0.3) is 0 Å². The molecule has 0 fully saturated rings. The molecular formula is C19H16FN3O3. The number of benzene rings is 2. The van der Waals surface area contributed by atoms with Crippen LogP contribution in [0, 0.1) is 19.7 Å². The van der Waals surface area contributed by atoms with E-state index in [2.05, 4.69) is 10.2 Å². The topological polar surface area (TPSA) is 76.2 Å². The van der Waals surface area contributed by atoms with Gasteiger partial charge < -0.3 is 9.84 Å². The average molecular weight is 353 g/mol. The molecule has 3 rings (SSSR count). The number of carbonyl (C=O) groups excluding carboxylic acids is 1. The Bertz CT molecular complexity index is 972. The third kappa shape index (κ3) is 3.77. The smallest absolute Gasteiger partial charge is 0.423 e. The van der Waals surface area contributed by atoms with Crippen molar-refractivity contribution in [2.75, 3.05) is 0 Å². The normalized spacial score (nSPS) is 11.0. The number of phenols is 1. The van der Waals surface area contributed by atoms with E-state index < -0.39 is 11.9 Å². The number of phenolic OH excluding ortho intramolecular Hbond substituents is 1. The minimum absolute atomic E-state index is 0.149. The van der Waals surface area contributed by atoms with Crippen LogP contribution in [0.5, 0.6) is 11.5 Å². The summed E-state index contributed by atoms with van der Waals surface area (Å²) in [5.74, 6) is -0.540. The molecule has 1 N–H and O–H groups in total. The highest BCUT2D eigenvalue weighted by molar-refractivity contribution is 5.74. The summed E-state index contributed by atoms with van der Waals surface area (Å²) in [6, 6.07) is 10.6. The van der Waals surface area contributed by atoms with E-state index in [1.54, 1.807) is 38.1 Å². The predicted molar refractivity (Wildman–Crippen MR) is 94.0 cm³/mol. The van der Waals surface area contributed by atoms with Gasteiger partial charge in [-0.3, -0.25) is 4.57 Å². The van der Waals surface area contributed by atoms with Gasteiger partial charge in [-0.1, -0.05) is 12.1 Å². The molecular weight excluding hydrogens is 337 g/mol. The molecule has 0 atom stereocenters. The highest BCUT2D eigenvalue weighted by atomic mass is 19.1. The Morgan fingerprint density at radius 2 is 1.73 bits per heavy atom. The van der Waals surface area contributed by atoms with E-state index in [0.717, 1.165) is 4.57 Å². The Morgan fingerprint density at radius 3 is 2.42 bits per heavy atom. The van der Waals surface area contributed by atoms with Crippen LogP contribution >= 0.6 is 0 Å². The molecule has 2 aromatic carbocycles. The van der Waals surface area contributed by atoms with Crippen molar-refractivity contribution in [2.24, 2.45) is 10.2 Å².